The number of likely N-dealkylation sites (tertiary alicyclic amines) is 1. The number of ether oxygens (including phenoxy) is 2. The quantitative estimate of drug-likeness (QED) is 0.821. The monoisotopic (exact) mass is 336 g/mol. The molecule has 0 N–H and O–H groups in total. The Balaban J connectivity index is 1.59. The SMILES string of the molecule is COc1ccc(CC(=O)N2CCC[C@H]2CN2CCOCC2)cc1F. The standard InChI is InChI=1S/C18H25FN2O3/c1-23-17-5-4-14(11-16(17)19)12-18(22)21-6-2-3-15(21)13-20-7-9-24-10-8-20/h4-5,11,15H,2-3,6-10,12-13H2,1H3/t15-/m0/s1. The molecule has 0 radical (unpaired) electrons. The Labute approximate surface area is 142 Å². The minimum atomic E-state index is -0.422. The van der Waals surface area contributed by atoms with Crippen LogP contribution in [0, 0.1) is 5.82 Å². The molecule has 0 saturated carbocycles. The van der Waals surface area contributed by atoms with Gasteiger partial charge in [-0.25, -0.2) is 4.39 Å². The third-order valence-electron chi connectivity index (χ3n) is 4.84. The number of nitrogens with zero attached hydrogens (tertiary/aromatic N) is 2. The van der Waals surface area contributed by atoms with E-state index in [4.69, 9.17) is 9.47 Å². The molecular weight excluding hydrogens is 311 g/mol. The lowest BCUT2D eigenvalue weighted by molar-refractivity contribution is -0.131. The zero-order valence-corrected chi connectivity index (χ0v) is 14.2. The van der Waals surface area contributed by atoms with E-state index in [1.807, 2.05) is 4.90 Å². The van der Waals surface area contributed by atoms with E-state index in [0.717, 1.165) is 52.2 Å². The Morgan fingerprint density at radius 3 is 2.83 bits per heavy atom. The zero-order chi connectivity index (χ0) is 16.9. The maximum absolute atomic E-state index is 13.8. The number of carbonyl (C=O) groups is 1. The summed E-state index contributed by atoms with van der Waals surface area (Å²) in [5.41, 5.74) is 0.690. The zero-order valence-electron chi connectivity index (χ0n) is 14.2. The summed E-state index contributed by atoms with van der Waals surface area (Å²) in [6, 6.07) is 4.99. The fourth-order valence-corrected chi connectivity index (χ4v) is 3.53. The highest BCUT2D eigenvalue weighted by molar-refractivity contribution is 5.79. The van der Waals surface area contributed by atoms with Gasteiger partial charge in [0.25, 0.3) is 0 Å². The number of rotatable bonds is 5. The van der Waals surface area contributed by atoms with Crippen LogP contribution >= 0.6 is 0 Å². The van der Waals surface area contributed by atoms with Gasteiger partial charge in [-0.3, -0.25) is 9.69 Å². The molecule has 0 aromatic heterocycles. The van der Waals surface area contributed by atoms with Crippen molar-refractivity contribution >= 4 is 5.91 Å². The van der Waals surface area contributed by atoms with Crippen molar-refractivity contribution in [3.8, 4) is 5.75 Å². The second kappa shape index (κ2) is 7.94. The van der Waals surface area contributed by atoms with Gasteiger partial charge in [0.15, 0.2) is 11.6 Å². The molecule has 1 atom stereocenters. The number of morpholine rings is 1. The van der Waals surface area contributed by atoms with Crippen molar-refractivity contribution in [2.75, 3.05) is 46.5 Å². The van der Waals surface area contributed by atoms with Crippen LogP contribution in [0.5, 0.6) is 5.75 Å². The summed E-state index contributed by atoms with van der Waals surface area (Å²) < 4.78 is 24.1. The van der Waals surface area contributed by atoms with Gasteiger partial charge >= 0.3 is 0 Å². The molecule has 0 spiro atoms. The van der Waals surface area contributed by atoms with Gasteiger partial charge in [0, 0.05) is 32.2 Å². The summed E-state index contributed by atoms with van der Waals surface area (Å²) in [4.78, 5) is 17.0. The van der Waals surface area contributed by atoms with E-state index in [9.17, 15) is 9.18 Å². The lowest BCUT2D eigenvalue weighted by Crippen LogP contribution is -2.47. The Kier molecular flexibility index (Phi) is 5.68. The molecule has 0 bridgehead atoms. The number of carbonyl (C=O) groups excluding carboxylic acids is 1. The average Bonchev–Trinajstić information content (AvgIpc) is 3.04. The first kappa shape index (κ1) is 17.2. The highest BCUT2D eigenvalue weighted by atomic mass is 19.1. The Morgan fingerprint density at radius 2 is 2.12 bits per heavy atom. The molecule has 0 unspecified atom stereocenters. The van der Waals surface area contributed by atoms with Crippen molar-refractivity contribution in [3.05, 3.63) is 29.6 Å². The van der Waals surface area contributed by atoms with Crippen molar-refractivity contribution < 1.29 is 18.7 Å². The van der Waals surface area contributed by atoms with Crippen molar-refractivity contribution in [3.63, 3.8) is 0 Å². The molecule has 2 saturated heterocycles. The van der Waals surface area contributed by atoms with E-state index >= 15 is 0 Å². The van der Waals surface area contributed by atoms with E-state index in [2.05, 4.69) is 4.90 Å². The molecule has 3 rings (SSSR count). The topological polar surface area (TPSA) is 42.0 Å². The molecule has 1 amide bonds. The number of benzene rings is 1. The number of halogens is 1. The molecule has 6 heteroatoms. The minimum absolute atomic E-state index is 0.0790. The van der Waals surface area contributed by atoms with Crippen LogP contribution in [-0.2, 0) is 16.0 Å². The molecule has 132 valence electrons. The largest absolute Gasteiger partial charge is 0.494 e. The minimum Gasteiger partial charge on any atom is -0.494 e. The molecule has 5 nitrogen and oxygen atoms in total. The average molecular weight is 336 g/mol. The fraction of sp³-hybridized carbons (Fsp3) is 0.611. The van der Waals surface area contributed by atoms with Gasteiger partial charge in [0.2, 0.25) is 5.91 Å². The van der Waals surface area contributed by atoms with E-state index in [-0.39, 0.29) is 24.1 Å². The van der Waals surface area contributed by atoms with E-state index in [1.54, 1.807) is 12.1 Å². The molecule has 2 fully saturated rings. The molecule has 1 aromatic rings. The lowest BCUT2D eigenvalue weighted by atomic mass is 10.1. The first-order chi connectivity index (χ1) is 11.7. The number of hydrogen-bond acceptors (Lipinski definition) is 4. The highest BCUT2D eigenvalue weighted by Gasteiger charge is 2.30. The van der Waals surface area contributed by atoms with Crippen LogP contribution < -0.4 is 4.74 Å². The van der Waals surface area contributed by atoms with Gasteiger partial charge in [-0.1, -0.05) is 6.07 Å². The number of methoxy groups -OCH3 is 1. The van der Waals surface area contributed by atoms with Crippen LogP contribution in [-0.4, -0.2) is 68.3 Å². The summed E-state index contributed by atoms with van der Waals surface area (Å²) in [6.07, 6.45) is 2.32. The van der Waals surface area contributed by atoms with Crippen LogP contribution in [0.2, 0.25) is 0 Å². The summed E-state index contributed by atoms with van der Waals surface area (Å²) in [7, 11) is 1.43. The summed E-state index contributed by atoms with van der Waals surface area (Å²) in [5, 5.41) is 0. The van der Waals surface area contributed by atoms with Crippen molar-refractivity contribution in [2.45, 2.75) is 25.3 Å². The van der Waals surface area contributed by atoms with Crippen LogP contribution in [0.15, 0.2) is 18.2 Å². The van der Waals surface area contributed by atoms with Gasteiger partial charge < -0.3 is 14.4 Å². The van der Waals surface area contributed by atoms with Crippen molar-refractivity contribution in [2.24, 2.45) is 0 Å². The maximum atomic E-state index is 13.8. The Bertz CT molecular complexity index is 575. The first-order valence-electron chi connectivity index (χ1n) is 8.59. The highest BCUT2D eigenvalue weighted by Crippen LogP contribution is 2.22. The molecule has 1 aromatic carbocycles. The molecule has 0 aliphatic carbocycles. The molecule has 2 heterocycles. The van der Waals surface area contributed by atoms with Crippen LogP contribution in [0.25, 0.3) is 0 Å². The van der Waals surface area contributed by atoms with Crippen LogP contribution in [0.4, 0.5) is 4.39 Å². The van der Waals surface area contributed by atoms with Crippen LogP contribution in [0.1, 0.15) is 18.4 Å². The summed E-state index contributed by atoms with van der Waals surface area (Å²) in [5.74, 6) is -0.137. The predicted molar refractivity (Wildman–Crippen MR) is 88.7 cm³/mol. The maximum Gasteiger partial charge on any atom is 0.227 e. The normalized spacial score (nSPS) is 21.9. The van der Waals surface area contributed by atoms with Crippen molar-refractivity contribution in [1.29, 1.82) is 0 Å². The Hall–Kier alpha value is -1.66. The Morgan fingerprint density at radius 1 is 1.33 bits per heavy atom. The third-order valence-corrected chi connectivity index (χ3v) is 4.84. The van der Waals surface area contributed by atoms with Gasteiger partial charge in [-0.2, -0.15) is 0 Å². The summed E-state index contributed by atoms with van der Waals surface area (Å²) >= 11 is 0. The predicted octanol–water partition coefficient (Wildman–Crippen LogP) is 1.70. The number of hydrogen-bond donors (Lipinski definition) is 0. The first-order valence-corrected chi connectivity index (χ1v) is 8.59. The molecular formula is C18H25FN2O3. The fourth-order valence-electron chi connectivity index (χ4n) is 3.53. The number of amides is 1. The van der Waals surface area contributed by atoms with Crippen LogP contribution in [0.3, 0.4) is 0 Å². The van der Waals surface area contributed by atoms with E-state index < -0.39 is 5.82 Å². The van der Waals surface area contributed by atoms with Gasteiger partial charge in [-0.15, -0.1) is 0 Å². The van der Waals surface area contributed by atoms with Crippen molar-refractivity contribution in [1.82, 2.24) is 9.80 Å². The third kappa shape index (κ3) is 4.05. The second-order valence-corrected chi connectivity index (χ2v) is 6.44. The van der Waals surface area contributed by atoms with E-state index in [0.29, 0.717) is 5.56 Å². The van der Waals surface area contributed by atoms with E-state index in [1.165, 1.54) is 13.2 Å². The molecule has 2 aliphatic heterocycles. The van der Waals surface area contributed by atoms with Gasteiger partial charge in [0.05, 0.1) is 26.7 Å². The molecule has 24 heavy (non-hydrogen) atoms. The molecule has 2 aliphatic rings. The van der Waals surface area contributed by atoms with Gasteiger partial charge in [0.1, 0.15) is 0 Å². The summed E-state index contributed by atoms with van der Waals surface area (Å²) in [6.45, 7) is 5.11. The lowest BCUT2D eigenvalue weighted by Gasteiger charge is -2.33. The second-order valence-electron chi connectivity index (χ2n) is 6.44. The van der Waals surface area contributed by atoms with Gasteiger partial charge in [-0.05, 0) is 30.5 Å². The smallest absolute Gasteiger partial charge is 0.227 e.